The van der Waals surface area contributed by atoms with Crippen LogP contribution in [0.25, 0.3) is 21.5 Å². The van der Waals surface area contributed by atoms with Gasteiger partial charge < -0.3 is 0 Å². The summed E-state index contributed by atoms with van der Waals surface area (Å²) in [6.45, 7) is 4.98. The first kappa shape index (κ1) is 30.4. The molecule has 0 radical (unpaired) electrons. The minimum Gasteiger partial charge on any atom is -0.293 e. The summed E-state index contributed by atoms with van der Waals surface area (Å²) in [6, 6.07) is 26.5. The van der Waals surface area contributed by atoms with Gasteiger partial charge in [0.05, 0.1) is 24.3 Å². The quantitative estimate of drug-likeness (QED) is 0.0758. The number of carbonyl (C=O) groups is 2. The van der Waals surface area contributed by atoms with Crippen molar-refractivity contribution in [3.63, 3.8) is 0 Å². The molecule has 0 heterocycles. The normalized spacial score (nSPS) is 10.2. The molecule has 0 fully saturated rings. The van der Waals surface area contributed by atoms with E-state index >= 15 is 0 Å². The third-order valence-corrected chi connectivity index (χ3v) is 5.45. The van der Waals surface area contributed by atoms with Crippen molar-refractivity contribution in [3.8, 4) is 0 Å². The first-order valence-corrected chi connectivity index (χ1v) is 12.3. The Morgan fingerprint density at radius 1 is 0.568 bits per heavy atom. The Bertz CT molecular complexity index is 1160. The molecule has 0 aromatic heterocycles. The predicted octanol–water partition coefficient (Wildman–Crippen LogP) is 7.45. The van der Waals surface area contributed by atoms with Gasteiger partial charge in [-0.05, 0) is 46.5 Å². The molecule has 6 nitrogen and oxygen atoms in total. The maximum absolute atomic E-state index is 11.9. The predicted molar refractivity (Wildman–Crippen MR) is 140 cm³/mol. The van der Waals surface area contributed by atoms with Crippen molar-refractivity contribution in [3.05, 3.63) is 96.1 Å². The standard InChI is InChI=1S/2C15H16O3.Hf/c2*1-2-3-11-17-18-15(16)14-10-6-8-12-7-4-5-9-13(12)14;/h2*4-10H,2-3,11H2,1H3;. The van der Waals surface area contributed by atoms with E-state index in [2.05, 4.69) is 13.8 Å². The zero-order valence-corrected chi connectivity index (χ0v) is 24.9. The monoisotopic (exact) mass is 668 g/mol. The van der Waals surface area contributed by atoms with Gasteiger partial charge in [0.1, 0.15) is 0 Å². The van der Waals surface area contributed by atoms with Crippen LogP contribution in [0.1, 0.15) is 60.2 Å². The van der Waals surface area contributed by atoms with Gasteiger partial charge in [0.25, 0.3) is 0 Å². The molecule has 7 heteroatoms. The zero-order valence-electron chi connectivity index (χ0n) is 21.3. The molecule has 0 bridgehead atoms. The molecule has 0 aliphatic carbocycles. The van der Waals surface area contributed by atoms with E-state index in [1.807, 2.05) is 72.8 Å². The van der Waals surface area contributed by atoms with Crippen LogP contribution in [0, 0.1) is 0 Å². The third kappa shape index (κ3) is 9.18. The van der Waals surface area contributed by atoms with Crippen LogP contribution < -0.4 is 0 Å². The maximum atomic E-state index is 11.9. The fourth-order valence-corrected chi connectivity index (χ4v) is 3.49. The molecule has 4 aromatic rings. The molecule has 37 heavy (non-hydrogen) atoms. The Balaban J connectivity index is 0.000000253. The molecule has 0 amide bonds. The fourth-order valence-electron chi connectivity index (χ4n) is 3.49. The number of benzene rings is 4. The van der Waals surface area contributed by atoms with Crippen LogP contribution in [0.4, 0.5) is 0 Å². The van der Waals surface area contributed by atoms with Crippen molar-refractivity contribution < 1.29 is 55.0 Å². The fraction of sp³-hybridized carbons (Fsp3) is 0.267. The van der Waals surface area contributed by atoms with Crippen molar-refractivity contribution in [2.24, 2.45) is 0 Å². The van der Waals surface area contributed by atoms with Crippen LogP contribution in [0.3, 0.4) is 0 Å². The van der Waals surface area contributed by atoms with Gasteiger partial charge in [0, 0.05) is 25.8 Å². The van der Waals surface area contributed by atoms with Gasteiger partial charge in [-0.3, -0.25) is 9.78 Å². The average molecular weight is 667 g/mol. The molecule has 4 rings (SSSR count). The summed E-state index contributed by atoms with van der Waals surface area (Å²) in [5.41, 5.74) is 1.06. The Morgan fingerprint density at radius 2 is 0.946 bits per heavy atom. The number of hydrogen-bond donors (Lipinski definition) is 0. The second-order valence-electron chi connectivity index (χ2n) is 8.15. The molecule has 0 atom stereocenters. The SMILES string of the molecule is CCCCOOC(=O)c1cccc2ccccc12.CCCCOOC(=O)c1cccc2ccccc12.[Hf]. The van der Waals surface area contributed by atoms with Crippen molar-refractivity contribution >= 4 is 33.5 Å². The summed E-state index contributed by atoms with van der Waals surface area (Å²) < 4.78 is 0. The summed E-state index contributed by atoms with van der Waals surface area (Å²) in [5.74, 6) is -0.884. The van der Waals surface area contributed by atoms with Crippen LogP contribution in [-0.2, 0) is 45.4 Å². The molecule has 4 aromatic carbocycles. The summed E-state index contributed by atoms with van der Waals surface area (Å²) in [7, 11) is 0. The smallest absolute Gasteiger partial charge is 0.293 e. The summed E-state index contributed by atoms with van der Waals surface area (Å²) in [5, 5.41) is 3.79. The van der Waals surface area contributed by atoms with Crippen LogP contribution >= 0.6 is 0 Å². The zero-order chi connectivity index (χ0) is 25.6. The minimum absolute atomic E-state index is 0. The molecule has 0 aliphatic rings. The summed E-state index contributed by atoms with van der Waals surface area (Å²) in [6.07, 6.45) is 3.77. The Hall–Kier alpha value is -2.87. The number of hydrogen-bond acceptors (Lipinski definition) is 6. The van der Waals surface area contributed by atoms with Crippen LogP contribution in [0.2, 0.25) is 0 Å². The summed E-state index contributed by atoms with van der Waals surface area (Å²) in [4.78, 5) is 43.1. The first-order chi connectivity index (χ1) is 17.7. The Labute approximate surface area is 236 Å². The largest absolute Gasteiger partial charge is 0.373 e. The first-order valence-electron chi connectivity index (χ1n) is 12.3. The van der Waals surface area contributed by atoms with E-state index < -0.39 is 11.9 Å². The average Bonchev–Trinajstić information content (AvgIpc) is 2.93. The Morgan fingerprint density at radius 3 is 1.35 bits per heavy atom. The number of carbonyl (C=O) groups excluding carboxylic acids is 2. The molecule has 0 N–H and O–H groups in total. The molecule has 0 aliphatic heterocycles. The van der Waals surface area contributed by atoms with Gasteiger partial charge in [0.15, 0.2) is 0 Å². The summed E-state index contributed by atoms with van der Waals surface area (Å²) >= 11 is 0. The third-order valence-electron chi connectivity index (χ3n) is 5.45. The van der Waals surface area contributed by atoms with E-state index in [4.69, 9.17) is 19.6 Å². The van der Waals surface area contributed by atoms with Gasteiger partial charge >= 0.3 is 11.9 Å². The van der Waals surface area contributed by atoms with Gasteiger partial charge in [-0.25, -0.2) is 9.59 Å². The van der Waals surface area contributed by atoms with Crippen molar-refractivity contribution in [1.82, 2.24) is 0 Å². The molecular weight excluding hydrogens is 635 g/mol. The molecule has 0 saturated heterocycles. The number of fused-ring (bicyclic) bond motifs is 2. The van der Waals surface area contributed by atoms with E-state index in [-0.39, 0.29) is 25.8 Å². The second-order valence-corrected chi connectivity index (χ2v) is 8.15. The van der Waals surface area contributed by atoms with Gasteiger partial charge in [0.2, 0.25) is 0 Å². The maximum Gasteiger partial charge on any atom is 0.373 e. The van der Waals surface area contributed by atoms with Crippen molar-refractivity contribution in [2.45, 2.75) is 39.5 Å². The topological polar surface area (TPSA) is 71.1 Å². The van der Waals surface area contributed by atoms with Crippen LogP contribution in [0.15, 0.2) is 84.9 Å². The van der Waals surface area contributed by atoms with E-state index in [9.17, 15) is 9.59 Å². The van der Waals surface area contributed by atoms with E-state index in [1.54, 1.807) is 12.1 Å². The number of unbranched alkanes of at least 4 members (excludes halogenated alkanes) is 2. The molecule has 0 unspecified atom stereocenters. The van der Waals surface area contributed by atoms with Gasteiger partial charge in [-0.2, -0.15) is 9.78 Å². The van der Waals surface area contributed by atoms with Gasteiger partial charge in [-0.1, -0.05) is 99.5 Å². The molecule has 192 valence electrons. The molecular formula is C30H32HfO6. The van der Waals surface area contributed by atoms with E-state index in [1.165, 1.54) is 0 Å². The second kappa shape index (κ2) is 16.8. The molecule has 0 spiro atoms. The minimum atomic E-state index is -0.442. The number of rotatable bonds is 10. The van der Waals surface area contributed by atoms with E-state index in [0.29, 0.717) is 24.3 Å². The van der Waals surface area contributed by atoms with Gasteiger partial charge in [-0.15, -0.1) is 0 Å². The molecule has 0 saturated carbocycles. The van der Waals surface area contributed by atoms with Crippen molar-refractivity contribution in [1.29, 1.82) is 0 Å². The Kier molecular flexibility index (Phi) is 13.8. The van der Waals surface area contributed by atoms with Crippen LogP contribution in [-0.4, -0.2) is 25.2 Å². The van der Waals surface area contributed by atoms with Crippen molar-refractivity contribution in [2.75, 3.05) is 13.2 Å². The van der Waals surface area contributed by atoms with Crippen LogP contribution in [0.5, 0.6) is 0 Å². The van der Waals surface area contributed by atoms with E-state index in [0.717, 1.165) is 47.2 Å².